The molecule has 0 spiro atoms. The first kappa shape index (κ1) is 20.1. The van der Waals surface area contributed by atoms with Gasteiger partial charge in [0.1, 0.15) is 0 Å². The van der Waals surface area contributed by atoms with Crippen molar-refractivity contribution in [2.45, 2.75) is 25.7 Å². The third-order valence-electron chi connectivity index (χ3n) is 5.41. The number of carbonyl (C=O) groups is 1. The number of amides is 1. The van der Waals surface area contributed by atoms with Crippen molar-refractivity contribution >= 4 is 15.9 Å². The number of para-hydroxylation sites is 1. The summed E-state index contributed by atoms with van der Waals surface area (Å²) in [5, 5.41) is 0. The first-order valence-electron chi connectivity index (χ1n) is 9.46. The molecule has 1 aromatic carbocycles. The minimum Gasteiger partial charge on any atom is -0.490 e. The van der Waals surface area contributed by atoms with Crippen LogP contribution >= 0.6 is 0 Å². The average Bonchev–Trinajstić information content (AvgIpc) is 2.66. The van der Waals surface area contributed by atoms with Crippen LogP contribution in [0.4, 0.5) is 4.39 Å². The van der Waals surface area contributed by atoms with Crippen LogP contribution < -0.4 is 4.74 Å². The summed E-state index contributed by atoms with van der Waals surface area (Å²) >= 11 is 0. The van der Waals surface area contributed by atoms with Gasteiger partial charge >= 0.3 is 0 Å². The standard InChI is InChI=1S/C19H27FN2O4S/c1-27(24,25)22-11-8-16(9-12-22)19(23)21-10-4-5-15(13-21)14-26-18-7-3-2-6-17(18)20/h2-3,6-7,15-16H,4-5,8-14H2,1H3. The summed E-state index contributed by atoms with van der Waals surface area (Å²) in [5.74, 6) is 0.0411. The number of hydrogen-bond acceptors (Lipinski definition) is 4. The zero-order valence-corrected chi connectivity index (χ0v) is 16.5. The summed E-state index contributed by atoms with van der Waals surface area (Å²) in [5.41, 5.74) is 0. The summed E-state index contributed by atoms with van der Waals surface area (Å²) in [6.45, 7) is 2.53. The van der Waals surface area contributed by atoms with Crippen LogP contribution in [0, 0.1) is 17.7 Å². The third-order valence-corrected chi connectivity index (χ3v) is 6.72. The Balaban J connectivity index is 1.50. The van der Waals surface area contributed by atoms with E-state index in [1.807, 2.05) is 4.90 Å². The van der Waals surface area contributed by atoms with E-state index in [1.54, 1.807) is 18.2 Å². The van der Waals surface area contributed by atoms with E-state index in [9.17, 15) is 17.6 Å². The van der Waals surface area contributed by atoms with E-state index in [1.165, 1.54) is 16.6 Å². The second-order valence-corrected chi connectivity index (χ2v) is 9.45. The highest BCUT2D eigenvalue weighted by atomic mass is 32.2. The molecule has 8 heteroatoms. The molecule has 2 heterocycles. The van der Waals surface area contributed by atoms with Gasteiger partial charge in [-0.05, 0) is 37.8 Å². The molecular weight excluding hydrogens is 371 g/mol. The second kappa shape index (κ2) is 8.56. The monoisotopic (exact) mass is 398 g/mol. The second-order valence-electron chi connectivity index (χ2n) is 7.47. The molecule has 0 aromatic heterocycles. The van der Waals surface area contributed by atoms with Gasteiger partial charge in [-0.15, -0.1) is 0 Å². The number of benzene rings is 1. The van der Waals surface area contributed by atoms with Crippen molar-refractivity contribution < 1.29 is 22.3 Å². The lowest BCUT2D eigenvalue weighted by molar-refractivity contribution is -0.138. The zero-order chi connectivity index (χ0) is 19.4. The minimum atomic E-state index is -3.18. The van der Waals surface area contributed by atoms with Gasteiger partial charge in [-0.25, -0.2) is 17.1 Å². The number of ether oxygens (including phenoxy) is 1. The van der Waals surface area contributed by atoms with Crippen molar-refractivity contribution in [3.63, 3.8) is 0 Å². The van der Waals surface area contributed by atoms with E-state index >= 15 is 0 Å². The summed E-state index contributed by atoms with van der Waals surface area (Å²) in [4.78, 5) is 14.7. The maximum atomic E-state index is 13.7. The number of halogens is 1. The molecule has 1 aromatic rings. The van der Waals surface area contributed by atoms with E-state index < -0.39 is 10.0 Å². The normalized spacial score (nSPS) is 22.6. The van der Waals surface area contributed by atoms with Crippen LogP contribution in [0.25, 0.3) is 0 Å². The quantitative estimate of drug-likeness (QED) is 0.762. The Morgan fingerprint density at radius 2 is 1.89 bits per heavy atom. The molecule has 6 nitrogen and oxygen atoms in total. The largest absolute Gasteiger partial charge is 0.490 e. The molecule has 150 valence electrons. The molecule has 2 saturated heterocycles. The van der Waals surface area contributed by atoms with Gasteiger partial charge < -0.3 is 9.64 Å². The lowest BCUT2D eigenvalue weighted by atomic mass is 9.93. The topological polar surface area (TPSA) is 66.9 Å². The van der Waals surface area contributed by atoms with Crippen molar-refractivity contribution in [3.8, 4) is 5.75 Å². The number of rotatable bonds is 5. The highest BCUT2D eigenvalue weighted by Crippen LogP contribution is 2.25. The zero-order valence-electron chi connectivity index (χ0n) is 15.6. The van der Waals surface area contributed by atoms with Gasteiger partial charge in [-0.2, -0.15) is 0 Å². The number of hydrogen-bond donors (Lipinski definition) is 0. The van der Waals surface area contributed by atoms with Crippen LogP contribution in [0.2, 0.25) is 0 Å². The lowest BCUT2D eigenvalue weighted by Crippen LogP contribution is -2.47. The molecule has 2 aliphatic rings. The molecule has 0 aliphatic carbocycles. The molecule has 0 radical (unpaired) electrons. The van der Waals surface area contributed by atoms with Gasteiger partial charge in [0, 0.05) is 38.0 Å². The van der Waals surface area contributed by atoms with Gasteiger partial charge in [0.2, 0.25) is 15.9 Å². The molecule has 0 N–H and O–H groups in total. The van der Waals surface area contributed by atoms with Crippen molar-refractivity contribution in [3.05, 3.63) is 30.1 Å². The number of sulfonamides is 1. The molecular formula is C19H27FN2O4S. The van der Waals surface area contributed by atoms with E-state index in [2.05, 4.69) is 0 Å². The fourth-order valence-corrected chi connectivity index (χ4v) is 4.74. The van der Waals surface area contributed by atoms with E-state index in [0.717, 1.165) is 19.4 Å². The Kier molecular flexibility index (Phi) is 6.37. The number of nitrogens with zero attached hydrogens (tertiary/aromatic N) is 2. The molecule has 3 rings (SSSR count). The number of carbonyl (C=O) groups excluding carboxylic acids is 1. The summed E-state index contributed by atoms with van der Waals surface area (Å²) < 4.78 is 43.9. The molecule has 1 amide bonds. The van der Waals surface area contributed by atoms with Crippen molar-refractivity contribution in [1.29, 1.82) is 0 Å². The first-order valence-corrected chi connectivity index (χ1v) is 11.3. The third kappa shape index (κ3) is 5.19. The molecule has 2 fully saturated rings. The first-order chi connectivity index (χ1) is 12.8. The van der Waals surface area contributed by atoms with Crippen LogP contribution in [0.1, 0.15) is 25.7 Å². The Bertz CT molecular complexity index is 763. The highest BCUT2D eigenvalue weighted by molar-refractivity contribution is 7.88. The molecule has 2 aliphatic heterocycles. The average molecular weight is 399 g/mol. The fraction of sp³-hybridized carbons (Fsp3) is 0.632. The molecule has 0 bridgehead atoms. The Labute approximate surface area is 160 Å². The predicted octanol–water partition coefficient (Wildman–Crippen LogP) is 2.11. The number of piperidine rings is 2. The van der Waals surface area contributed by atoms with Gasteiger partial charge in [0.05, 0.1) is 12.9 Å². The van der Waals surface area contributed by atoms with Crippen molar-refractivity contribution in [2.24, 2.45) is 11.8 Å². The fourth-order valence-electron chi connectivity index (χ4n) is 3.86. The maximum Gasteiger partial charge on any atom is 0.225 e. The van der Waals surface area contributed by atoms with Gasteiger partial charge in [-0.3, -0.25) is 4.79 Å². The van der Waals surface area contributed by atoms with Crippen molar-refractivity contribution in [1.82, 2.24) is 9.21 Å². The van der Waals surface area contributed by atoms with Crippen LogP contribution in [0.3, 0.4) is 0 Å². The molecule has 1 atom stereocenters. The summed E-state index contributed by atoms with van der Waals surface area (Å²) in [6, 6.07) is 6.34. The molecule has 1 unspecified atom stereocenters. The Hall–Kier alpha value is -1.67. The lowest BCUT2D eigenvalue weighted by Gasteiger charge is -2.37. The Morgan fingerprint density at radius 3 is 2.56 bits per heavy atom. The van der Waals surface area contributed by atoms with Gasteiger partial charge in [0.25, 0.3) is 0 Å². The smallest absolute Gasteiger partial charge is 0.225 e. The van der Waals surface area contributed by atoms with Gasteiger partial charge in [-0.1, -0.05) is 12.1 Å². The van der Waals surface area contributed by atoms with E-state index in [-0.39, 0.29) is 29.3 Å². The van der Waals surface area contributed by atoms with Crippen LogP contribution in [0.5, 0.6) is 5.75 Å². The van der Waals surface area contributed by atoms with Crippen LogP contribution in [-0.4, -0.2) is 62.6 Å². The van der Waals surface area contributed by atoms with E-state index in [4.69, 9.17) is 4.74 Å². The summed E-state index contributed by atoms with van der Waals surface area (Å²) in [7, 11) is -3.18. The molecule has 27 heavy (non-hydrogen) atoms. The van der Waals surface area contributed by atoms with E-state index in [0.29, 0.717) is 39.1 Å². The molecule has 0 saturated carbocycles. The highest BCUT2D eigenvalue weighted by Gasteiger charge is 2.33. The Morgan fingerprint density at radius 1 is 1.19 bits per heavy atom. The van der Waals surface area contributed by atoms with Crippen molar-refractivity contribution in [2.75, 3.05) is 39.0 Å². The predicted molar refractivity (Wildman–Crippen MR) is 100 cm³/mol. The maximum absolute atomic E-state index is 13.7. The summed E-state index contributed by atoms with van der Waals surface area (Å²) in [6.07, 6.45) is 4.20. The number of likely N-dealkylation sites (tertiary alicyclic amines) is 1. The minimum absolute atomic E-state index is 0.110. The SMILES string of the molecule is CS(=O)(=O)N1CCC(C(=O)N2CCCC(COc3ccccc3F)C2)CC1. The van der Waals surface area contributed by atoms with Gasteiger partial charge in [0.15, 0.2) is 11.6 Å². The van der Waals surface area contributed by atoms with Crippen LogP contribution in [-0.2, 0) is 14.8 Å². The van der Waals surface area contributed by atoms with Crippen LogP contribution in [0.15, 0.2) is 24.3 Å².